The molecule has 70 heavy (non-hydrogen) atoms. The molecule has 6 heterocycles. The van der Waals surface area contributed by atoms with Crippen LogP contribution in [0.25, 0.3) is 33.3 Å². The molecule has 0 amide bonds. The molecule has 6 aromatic heterocycles. The number of thiophene rings is 4. The van der Waals surface area contributed by atoms with Gasteiger partial charge in [0.2, 0.25) is 0 Å². The Hall–Kier alpha value is -6.20. The second kappa shape index (κ2) is 31.1. The van der Waals surface area contributed by atoms with Crippen LogP contribution < -0.4 is 0 Å². The van der Waals surface area contributed by atoms with Crippen LogP contribution in [-0.2, 0) is 95.2 Å². The molecule has 0 spiro atoms. The van der Waals surface area contributed by atoms with E-state index in [2.05, 4.69) is 34.2 Å². The minimum absolute atomic E-state index is 0. The van der Waals surface area contributed by atoms with Crippen molar-refractivity contribution in [2.75, 3.05) is 0 Å². The van der Waals surface area contributed by atoms with Crippen molar-refractivity contribution in [2.45, 2.75) is 26.4 Å². The first-order valence-corrected chi connectivity index (χ1v) is 24.0. The Balaban J connectivity index is 0.000000202. The molecule has 0 saturated carbocycles. The predicted octanol–water partition coefficient (Wildman–Crippen LogP) is 13.5. The van der Waals surface area contributed by atoms with Crippen LogP contribution >= 0.6 is 45.3 Å². The van der Waals surface area contributed by atoms with E-state index < -0.39 is 35.5 Å². The summed E-state index contributed by atoms with van der Waals surface area (Å²) in [6.45, 7) is 0.834. The third-order valence-electron chi connectivity index (χ3n) is 8.76. The maximum Gasteiger partial charge on any atom is 0.338 e. The molecule has 3 aromatic carbocycles. The van der Waals surface area contributed by atoms with Gasteiger partial charge >= 0.3 is 11.9 Å². The van der Waals surface area contributed by atoms with E-state index in [0.29, 0.717) is 5.69 Å². The zero-order valence-corrected chi connectivity index (χ0v) is 44.5. The minimum Gasteiger partial charge on any atom is -0.481 e. The van der Waals surface area contributed by atoms with E-state index in [-0.39, 0.29) is 72.2 Å². The van der Waals surface area contributed by atoms with E-state index in [0.717, 1.165) is 57.8 Å². The Bertz CT molecular complexity index is 2840. The van der Waals surface area contributed by atoms with Gasteiger partial charge in [0.05, 0.1) is 0 Å². The van der Waals surface area contributed by atoms with Gasteiger partial charge in [0.15, 0.2) is 0 Å². The molecule has 0 atom stereocenters. The van der Waals surface area contributed by atoms with E-state index >= 15 is 0 Å². The first-order valence-electron chi connectivity index (χ1n) is 20.2. The summed E-state index contributed by atoms with van der Waals surface area (Å²) in [7, 11) is 0. The monoisotopic (exact) mass is 1370 g/mol. The maximum absolute atomic E-state index is 13.2. The molecule has 364 valence electrons. The van der Waals surface area contributed by atoms with Gasteiger partial charge in [-0.3, -0.25) is 8.78 Å². The zero-order valence-electron chi connectivity index (χ0n) is 36.4. The van der Waals surface area contributed by atoms with Gasteiger partial charge < -0.3 is 39.1 Å². The molecule has 0 unspecified atom stereocenters. The van der Waals surface area contributed by atoms with E-state index in [1.54, 1.807) is 47.1 Å². The number of aliphatic hydroxyl groups excluding tert-OH is 2. The molecule has 0 fully saturated rings. The second-order valence-electron chi connectivity index (χ2n) is 13.7. The number of ether oxygens (including phenoxy) is 4. The summed E-state index contributed by atoms with van der Waals surface area (Å²) >= 11 is 6.14. The normalized spacial score (nSPS) is 10.5. The van der Waals surface area contributed by atoms with E-state index in [4.69, 9.17) is 18.9 Å². The maximum atomic E-state index is 13.2. The van der Waals surface area contributed by atoms with Crippen LogP contribution in [0.1, 0.15) is 22.3 Å². The van der Waals surface area contributed by atoms with Gasteiger partial charge in [-0.05, 0) is 102 Å². The number of hydrogen-bond acceptors (Lipinski definition) is 14. The number of pyridine rings is 2. The third-order valence-corrected chi connectivity index (χ3v) is 11.7. The van der Waals surface area contributed by atoms with Crippen LogP contribution in [0.5, 0.6) is 0 Å². The zero-order chi connectivity index (χ0) is 47.8. The standard InChI is InChI=1S/C15H10N.2C13H12O4S2.C11H6F2N.2Ir/c1-2-7-13(8-3-1)15-14-9-5-4-6-12(14)10-11-16-15;2*14-12(16-6-10-1-3-18-8-10)5-13(15)17-7-11-2-4-19-9-11;12-8-4-5-9(10(13)7-8)11-3-1-2-6-14-11;;/h1-7,9-11H;2*1-5,8-9,14H,6-7H2;1-4,6-7H;;/q-1;;;-1;;. The number of rotatable bonds is 14. The SMILES string of the molecule is Fc1c[c-]c(-c2ccccn2)c(F)c1.O=C(C=C(O)OCc1ccsc1)OCc1ccsc1.O=C(C=C(O)OCc1ccsc1)OCc1ccsc1.[Ir].[Ir].[c-]1ccccc1-c1nccc2ccccc12. The number of aliphatic hydroxyl groups is 2. The molecule has 2 N–H and O–H groups in total. The van der Waals surface area contributed by atoms with Crippen molar-refractivity contribution in [3.8, 4) is 22.5 Å². The Morgan fingerprint density at radius 2 is 1.10 bits per heavy atom. The second-order valence-corrected chi connectivity index (χ2v) is 16.8. The van der Waals surface area contributed by atoms with Gasteiger partial charge in [-0.1, -0.05) is 48.0 Å². The van der Waals surface area contributed by atoms with E-state index in [9.17, 15) is 28.6 Å². The topological polar surface area (TPSA) is 137 Å². The summed E-state index contributed by atoms with van der Waals surface area (Å²) in [5, 5.41) is 36.4. The van der Waals surface area contributed by atoms with Gasteiger partial charge in [-0.2, -0.15) is 45.3 Å². The van der Waals surface area contributed by atoms with Crippen molar-refractivity contribution in [1.82, 2.24) is 9.97 Å². The molecular formula is C52H40F2Ir2N2O8S4-2. The molecule has 9 aromatic rings. The fourth-order valence-electron chi connectivity index (χ4n) is 5.52. The van der Waals surface area contributed by atoms with Gasteiger partial charge in [-0.25, -0.2) is 9.59 Å². The Labute approximate surface area is 445 Å². The van der Waals surface area contributed by atoms with E-state index in [1.807, 2.05) is 116 Å². The number of carbonyl (C=O) groups is 2. The molecule has 2 radical (unpaired) electrons. The molecule has 0 aliphatic rings. The van der Waals surface area contributed by atoms with E-state index in [1.165, 1.54) is 33.4 Å². The summed E-state index contributed by atoms with van der Waals surface area (Å²) in [4.78, 5) is 31.1. The number of hydrogen-bond donors (Lipinski definition) is 2. The van der Waals surface area contributed by atoms with Crippen LogP contribution in [0.15, 0.2) is 189 Å². The van der Waals surface area contributed by atoms with Crippen LogP contribution in [0.4, 0.5) is 8.78 Å². The first-order chi connectivity index (χ1) is 33.2. The average Bonchev–Trinajstić information content (AvgIpc) is 4.23. The fraction of sp³-hybridized carbons (Fsp3) is 0.0769. The number of aromatic nitrogens is 2. The number of esters is 2. The van der Waals surface area contributed by atoms with Crippen molar-refractivity contribution in [2.24, 2.45) is 0 Å². The van der Waals surface area contributed by atoms with Crippen molar-refractivity contribution >= 4 is 68.1 Å². The van der Waals surface area contributed by atoms with Crippen LogP contribution in [0.3, 0.4) is 0 Å². The van der Waals surface area contributed by atoms with Crippen LogP contribution in [0.2, 0.25) is 0 Å². The fourth-order valence-corrected chi connectivity index (χ4v) is 8.13. The number of carbonyl (C=O) groups excluding carboxylic acids is 2. The number of halogens is 2. The molecule has 0 bridgehead atoms. The Morgan fingerprint density at radius 3 is 1.57 bits per heavy atom. The van der Waals surface area contributed by atoms with Gasteiger partial charge in [-0.15, -0.1) is 48.0 Å². The van der Waals surface area contributed by atoms with Crippen molar-refractivity contribution in [3.05, 3.63) is 235 Å². The van der Waals surface area contributed by atoms with Crippen molar-refractivity contribution < 1.29 is 87.7 Å². The summed E-state index contributed by atoms with van der Waals surface area (Å²) in [5.74, 6) is -3.43. The Kier molecular flexibility index (Phi) is 25.1. The molecule has 0 saturated heterocycles. The van der Waals surface area contributed by atoms with Gasteiger partial charge in [0.1, 0.15) is 38.6 Å². The smallest absolute Gasteiger partial charge is 0.338 e. The summed E-state index contributed by atoms with van der Waals surface area (Å²) in [5.41, 5.74) is 6.40. The molecule has 10 nitrogen and oxygen atoms in total. The average molecular weight is 1370 g/mol. The predicted molar refractivity (Wildman–Crippen MR) is 262 cm³/mol. The van der Waals surface area contributed by atoms with Crippen molar-refractivity contribution in [3.63, 3.8) is 0 Å². The number of nitrogens with zero attached hydrogens (tertiary/aromatic N) is 2. The van der Waals surface area contributed by atoms with Gasteiger partial charge in [0.25, 0.3) is 11.9 Å². The molecule has 9 rings (SSSR count). The molecule has 0 aliphatic carbocycles. The summed E-state index contributed by atoms with van der Waals surface area (Å²) < 4.78 is 45.7. The number of fused-ring (bicyclic) bond motifs is 1. The van der Waals surface area contributed by atoms with Crippen LogP contribution in [0, 0.1) is 23.8 Å². The molecule has 18 heteroatoms. The summed E-state index contributed by atoms with van der Waals surface area (Å²) in [6, 6.07) is 38.5. The quantitative estimate of drug-likeness (QED) is 0.0468. The summed E-state index contributed by atoms with van der Waals surface area (Å²) in [6.07, 6.45) is 5.25. The third kappa shape index (κ3) is 19.7. The minimum atomic E-state index is -0.649. The van der Waals surface area contributed by atoms with Crippen LogP contribution in [-0.4, -0.2) is 32.1 Å². The first kappa shape index (κ1) is 56.4. The molecular weight excluding hydrogens is 1330 g/mol. The van der Waals surface area contributed by atoms with Gasteiger partial charge in [0, 0.05) is 86.5 Å². The largest absolute Gasteiger partial charge is 0.481 e. The van der Waals surface area contributed by atoms with Crippen molar-refractivity contribution in [1.29, 1.82) is 0 Å². The Morgan fingerprint density at radius 1 is 0.586 bits per heavy atom. The molecule has 0 aliphatic heterocycles. The number of benzene rings is 3.